The molecule has 6 nitrogen and oxygen atoms in total. The maximum Gasteiger partial charge on any atom is 0.317 e. The van der Waals surface area contributed by atoms with E-state index in [0.717, 1.165) is 18.4 Å². The summed E-state index contributed by atoms with van der Waals surface area (Å²) >= 11 is 0. The van der Waals surface area contributed by atoms with E-state index in [0.29, 0.717) is 37.0 Å². The van der Waals surface area contributed by atoms with Crippen LogP contribution in [-0.4, -0.2) is 34.2 Å². The molecule has 1 fully saturated rings. The summed E-state index contributed by atoms with van der Waals surface area (Å²) in [5.41, 5.74) is 1.48. The van der Waals surface area contributed by atoms with E-state index in [9.17, 15) is 13.6 Å². The van der Waals surface area contributed by atoms with Crippen LogP contribution in [0.3, 0.4) is 0 Å². The lowest BCUT2D eigenvalue weighted by molar-refractivity contribution is 0.174. The van der Waals surface area contributed by atoms with Crippen LogP contribution in [0.15, 0.2) is 52.9 Å². The van der Waals surface area contributed by atoms with E-state index in [1.54, 1.807) is 29.2 Å². The molecule has 1 N–H and O–H groups in total. The van der Waals surface area contributed by atoms with Gasteiger partial charge < -0.3 is 14.6 Å². The standard InChI is InChI=1S/C21H20F2N4O2/c22-17-7-3-14(4-8-17)12-24-21(28)27-11-1-2-16(13-27)20-26-25-19(29-20)15-5-9-18(23)10-6-15/h3-10,16H,1-2,11-13H2,(H,24,28). The predicted molar refractivity (Wildman–Crippen MR) is 102 cm³/mol. The van der Waals surface area contributed by atoms with Crippen LogP contribution in [0.2, 0.25) is 0 Å². The van der Waals surface area contributed by atoms with Crippen LogP contribution in [0.5, 0.6) is 0 Å². The number of urea groups is 1. The number of hydrogen-bond acceptors (Lipinski definition) is 4. The summed E-state index contributed by atoms with van der Waals surface area (Å²) in [6, 6.07) is 11.7. The monoisotopic (exact) mass is 398 g/mol. The van der Waals surface area contributed by atoms with Crippen molar-refractivity contribution >= 4 is 6.03 Å². The average Bonchev–Trinajstić information content (AvgIpc) is 3.24. The molecular weight excluding hydrogens is 378 g/mol. The molecule has 1 saturated heterocycles. The molecule has 1 aliphatic heterocycles. The Morgan fingerprint density at radius 3 is 2.48 bits per heavy atom. The molecule has 0 spiro atoms. The number of carbonyl (C=O) groups excluding carboxylic acids is 1. The van der Waals surface area contributed by atoms with Gasteiger partial charge in [-0.3, -0.25) is 0 Å². The highest BCUT2D eigenvalue weighted by Crippen LogP contribution is 2.28. The number of benzene rings is 2. The van der Waals surface area contributed by atoms with E-state index in [1.165, 1.54) is 24.3 Å². The zero-order valence-electron chi connectivity index (χ0n) is 15.6. The maximum atomic E-state index is 13.1. The molecule has 1 aliphatic rings. The minimum Gasteiger partial charge on any atom is -0.420 e. The van der Waals surface area contributed by atoms with Gasteiger partial charge in [-0.15, -0.1) is 10.2 Å². The largest absolute Gasteiger partial charge is 0.420 e. The van der Waals surface area contributed by atoms with Crippen molar-refractivity contribution in [2.45, 2.75) is 25.3 Å². The summed E-state index contributed by atoms with van der Waals surface area (Å²) in [6.45, 7) is 1.45. The van der Waals surface area contributed by atoms with Crippen LogP contribution < -0.4 is 5.32 Å². The smallest absolute Gasteiger partial charge is 0.317 e. The quantitative estimate of drug-likeness (QED) is 0.718. The van der Waals surface area contributed by atoms with Gasteiger partial charge in [0.2, 0.25) is 11.8 Å². The number of nitrogens with one attached hydrogen (secondary N) is 1. The number of hydrogen-bond donors (Lipinski definition) is 1. The Balaban J connectivity index is 1.37. The zero-order chi connectivity index (χ0) is 20.2. The van der Waals surface area contributed by atoms with E-state index in [4.69, 9.17) is 4.42 Å². The number of carbonyl (C=O) groups is 1. The molecular formula is C21H20F2N4O2. The molecule has 2 amide bonds. The second kappa shape index (κ2) is 8.38. The number of nitrogens with zero attached hydrogens (tertiary/aromatic N) is 3. The van der Waals surface area contributed by atoms with Crippen molar-refractivity contribution in [3.8, 4) is 11.5 Å². The maximum absolute atomic E-state index is 13.1. The van der Waals surface area contributed by atoms with Gasteiger partial charge >= 0.3 is 6.03 Å². The lowest BCUT2D eigenvalue weighted by Crippen LogP contribution is -2.44. The summed E-state index contributed by atoms with van der Waals surface area (Å²) in [5, 5.41) is 11.0. The Morgan fingerprint density at radius 2 is 1.76 bits per heavy atom. The first-order valence-electron chi connectivity index (χ1n) is 9.45. The van der Waals surface area contributed by atoms with Crippen LogP contribution in [-0.2, 0) is 6.54 Å². The number of halogens is 2. The van der Waals surface area contributed by atoms with Crippen LogP contribution in [0.1, 0.15) is 30.2 Å². The topological polar surface area (TPSA) is 71.3 Å². The Kier molecular flexibility index (Phi) is 5.50. The Bertz CT molecular complexity index is 973. The molecule has 2 aromatic carbocycles. The molecule has 0 radical (unpaired) electrons. The Labute approximate surface area is 166 Å². The van der Waals surface area contributed by atoms with Crippen LogP contribution >= 0.6 is 0 Å². The summed E-state index contributed by atoms with van der Waals surface area (Å²) in [6.07, 6.45) is 1.66. The third-order valence-electron chi connectivity index (χ3n) is 4.95. The lowest BCUT2D eigenvalue weighted by Gasteiger charge is -2.31. The van der Waals surface area contributed by atoms with Crippen LogP contribution in [0.25, 0.3) is 11.5 Å². The van der Waals surface area contributed by atoms with Crippen molar-refractivity contribution in [3.05, 3.63) is 71.6 Å². The van der Waals surface area contributed by atoms with E-state index in [-0.39, 0.29) is 23.6 Å². The van der Waals surface area contributed by atoms with Gasteiger partial charge in [-0.25, -0.2) is 13.6 Å². The van der Waals surface area contributed by atoms with Crippen molar-refractivity contribution in [1.82, 2.24) is 20.4 Å². The van der Waals surface area contributed by atoms with Crippen molar-refractivity contribution in [2.75, 3.05) is 13.1 Å². The van der Waals surface area contributed by atoms with Crippen molar-refractivity contribution in [2.24, 2.45) is 0 Å². The molecule has 29 heavy (non-hydrogen) atoms. The first-order chi connectivity index (χ1) is 14.1. The molecule has 2 heterocycles. The molecule has 150 valence electrons. The molecule has 8 heteroatoms. The van der Waals surface area contributed by atoms with Crippen molar-refractivity contribution < 1.29 is 18.0 Å². The van der Waals surface area contributed by atoms with Gasteiger partial charge in [-0.1, -0.05) is 12.1 Å². The highest BCUT2D eigenvalue weighted by molar-refractivity contribution is 5.74. The SMILES string of the molecule is O=C(NCc1ccc(F)cc1)N1CCCC(c2nnc(-c3ccc(F)cc3)o2)C1. The minimum atomic E-state index is -0.330. The molecule has 0 saturated carbocycles. The summed E-state index contributed by atoms with van der Waals surface area (Å²) in [5.74, 6) is 0.113. The molecule has 0 aliphatic carbocycles. The zero-order valence-corrected chi connectivity index (χ0v) is 15.6. The molecule has 0 bridgehead atoms. The third-order valence-corrected chi connectivity index (χ3v) is 4.95. The Hall–Kier alpha value is -3.29. The van der Waals surface area contributed by atoms with E-state index in [1.807, 2.05) is 0 Å². The predicted octanol–water partition coefficient (Wildman–Crippen LogP) is 4.10. The fourth-order valence-electron chi connectivity index (χ4n) is 3.36. The fourth-order valence-corrected chi connectivity index (χ4v) is 3.36. The van der Waals surface area contributed by atoms with Crippen molar-refractivity contribution in [3.63, 3.8) is 0 Å². The van der Waals surface area contributed by atoms with Gasteiger partial charge in [-0.05, 0) is 54.8 Å². The Morgan fingerprint density at radius 1 is 1.07 bits per heavy atom. The summed E-state index contributed by atoms with van der Waals surface area (Å²) in [4.78, 5) is 14.2. The van der Waals surface area contributed by atoms with Gasteiger partial charge in [0.05, 0.1) is 5.92 Å². The molecule has 1 aromatic heterocycles. The first-order valence-corrected chi connectivity index (χ1v) is 9.45. The molecule has 3 aromatic rings. The molecule has 4 rings (SSSR count). The third kappa shape index (κ3) is 4.59. The van der Waals surface area contributed by atoms with Gasteiger partial charge in [0.25, 0.3) is 0 Å². The minimum absolute atomic E-state index is 0.0537. The molecule has 1 unspecified atom stereocenters. The highest BCUT2D eigenvalue weighted by atomic mass is 19.1. The van der Waals surface area contributed by atoms with E-state index < -0.39 is 0 Å². The fraction of sp³-hybridized carbons (Fsp3) is 0.286. The normalized spacial score (nSPS) is 16.6. The first kappa shape index (κ1) is 19.0. The van der Waals surface area contributed by atoms with Crippen molar-refractivity contribution in [1.29, 1.82) is 0 Å². The molecule has 1 atom stereocenters. The number of rotatable bonds is 4. The number of piperidine rings is 1. The highest BCUT2D eigenvalue weighted by Gasteiger charge is 2.28. The van der Waals surface area contributed by atoms with Gasteiger partial charge in [0.1, 0.15) is 11.6 Å². The van der Waals surface area contributed by atoms with Gasteiger partial charge in [0, 0.05) is 25.2 Å². The van der Waals surface area contributed by atoms with Gasteiger partial charge in [-0.2, -0.15) is 0 Å². The van der Waals surface area contributed by atoms with Crippen LogP contribution in [0, 0.1) is 11.6 Å². The summed E-state index contributed by atoms with van der Waals surface area (Å²) in [7, 11) is 0. The summed E-state index contributed by atoms with van der Waals surface area (Å²) < 4.78 is 31.8. The lowest BCUT2D eigenvalue weighted by atomic mass is 9.98. The number of likely N-dealkylation sites (tertiary alicyclic amines) is 1. The average molecular weight is 398 g/mol. The second-order valence-corrected chi connectivity index (χ2v) is 7.02. The van der Waals surface area contributed by atoms with Gasteiger partial charge in [0.15, 0.2) is 0 Å². The van der Waals surface area contributed by atoms with E-state index in [2.05, 4.69) is 15.5 Å². The number of amides is 2. The van der Waals surface area contributed by atoms with Crippen LogP contribution in [0.4, 0.5) is 13.6 Å². The number of aromatic nitrogens is 2. The van der Waals surface area contributed by atoms with E-state index >= 15 is 0 Å². The second-order valence-electron chi connectivity index (χ2n) is 7.02.